The molecule has 6 heteroatoms. The van der Waals surface area contributed by atoms with Crippen molar-refractivity contribution in [3.8, 4) is 0 Å². The van der Waals surface area contributed by atoms with Crippen LogP contribution in [0.1, 0.15) is 50.3 Å². The third-order valence-corrected chi connectivity index (χ3v) is 5.95. The van der Waals surface area contributed by atoms with Gasteiger partial charge in [-0.15, -0.1) is 11.3 Å². The van der Waals surface area contributed by atoms with Crippen molar-refractivity contribution < 1.29 is 9.90 Å². The van der Waals surface area contributed by atoms with Crippen molar-refractivity contribution in [2.75, 3.05) is 18.4 Å². The molecule has 3 rings (SSSR count). The number of fused-ring (bicyclic) bond motifs is 1. The second kappa shape index (κ2) is 6.54. The van der Waals surface area contributed by atoms with Crippen LogP contribution < -0.4 is 5.32 Å². The molecule has 1 aliphatic carbocycles. The minimum Gasteiger partial charge on any atom is -0.389 e. The maximum Gasteiger partial charge on any atom is 0.323 e. The van der Waals surface area contributed by atoms with Gasteiger partial charge >= 0.3 is 6.03 Å². The number of amides is 2. The summed E-state index contributed by atoms with van der Waals surface area (Å²) in [4.78, 5) is 19.7. The number of aromatic nitrogens is 1. The van der Waals surface area contributed by atoms with Crippen molar-refractivity contribution in [3.05, 3.63) is 11.1 Å². The normalized spacial score (nSPS) is 28.3. The lowest BCUT2D eigenvalue weighted by atomic mass is 9.71. The molecule has 1 aromatic heterocycles. The molecule has 0 aromatic carbocycles. The molecule has 0 bridgehead atoms. The van der Waals surface area contributed by atoms with Crippen molar-refractivity contribution in [1.82, 2.24) is 9.88 Å². The number of hydrogen-bond donors (Lipinski definition) is 2. The lowest BCUT2D eigenvalue weighted by Crippen LogP contribution is -2.55. The highest BCUT2D eigenvalue weighted by Crippen LogP contribution is 2.39. The highest BCUT2D eigenvalue weighted by molar-refractivity contribution is 7.15. The number of rotatable bonds is 3. The van der Waals surface area contributed by atoms with Crippen LogP contribution >= 0.6 is 11.3 Å². The number of hydrogen-bond acceptors (Lipinski definition) is 4. The zero-order chi connectivity index (χ0) is 15.6. The Hall–Kier alpha value is -1.14. The van der Waals surface area contributed by atoms with E-state index in [0.717, 1.165) is 38.5 Å². The van der Waals surface area contributed by atoms with Crippen LogP contribution in [0.25, 0.3) is 0 Å². The summed E-state index contributed by atoms with van der Waals surface area (Å²) in [5, 5.41) is 14.3. The molecule has 5 nitrogen and oxygen atoms in total. The van der Waals surface area contributed by atoms with Gasteiger partial charge in [0, 0.05) is 30.1 Å². The molecule has 1 aliphatic heterocycles. The number of aryl methyl sites for hydroxylation is 1. The number of aliphatic hydroxyl groups is 1. The Labute approximate surface area is 135 Å². The Kier molecular flexibility index (Phi) is 4.68. The molecule has 1 saturated heterocycles. The summed E-state index contributed by atoms with van der Waals surface area (Å²) >= 11 is 1.55. The third-order valence-electron chi connectivity index (χ3n) is 4.98. The number of urea groups is 1. The highest BCUT2D eigenvalue weighted by atomic mass is 32.1. The van der Waals surface area contributed by atoms with E-state index >= 15 is 0 Å². The SMILES string of the molecule is CCCc1cnc(NC(=O)N2CCC3(O)CCCCC3C2)s1. The summed E-state index contributed by atoms with van der Waals surface area (Å²) in [5.41, 5.74) is -0.537. The molecule has 2 unspecified atom stereocenters. The van der Waals surface area contributed by atoms with Crippen LogP contribution in [-0.4, -0.2) is 39.7 Å². The van der Waals surface area contributed by atoms with E-state index in [1.54, 1.807) is 11.3 Å². The molecular formula is C16H25N3O2S. The molecular weight excluding hydrogens is 298 g/mol. The first-order valence-corrected chi connectivity index (χ1v) is 9.15. The Morgan fingerprint density at radius 2 is 2.41 bits per heavy atom. The predicted molar refractivity (Wildman–Crippen MR) is 88.2 cm³/mol. The first kappa shape index (κ1) is 15.7. The van der Waals surface area contributed by atoms with Gasteiger partial charge in [0.25, 0.3) is 0 Å². The van der Waals surface area contributed by atoms with Crippen LogP contribution in [0.3, 0.4) is 0 Å². The summed E-state index contributed by atoms with van der Waals surface area (Å²) in [5.74, 6) is 0.229. The third kappa shape index (κ3) is 3.27. The standard InChI is InChI=1S/C16H25N3O2S/c1-2-5-13-10-17-14(22-13)18-15(20)19-9-8-16(21)7-4-3-6-12(16)11-19/h10,12,21H,2-9,11H2,1H3,(H,17,18,20). The van der Waals surface area contributed by atoms with E-state index in [-0.39, 0.29) is 11.9 Å². The van der Waals surface area contributed by atoms with Crippen LogP contribution in [0.2, 0.25) is 0 Å². The van der Waals surface area contributed by atoms with Crippen molar-refractivity contribution in [2.45, 2.75) is 57.5 Å². The first-order chi connectivity index (χ1) is 10.6. The Morgan fingerprint density at radius 3 is 3.23 bits per heavy atom. The molecule has 2 aliphatic rings. The average molecular weight is 323 g/mol. The smallest absolute Gasteiger partial charge is 0.323 e. The largest absolute Gasteiger partial charge is 0.389 e. The first-order valence-electron chi connectivity index (χ1n) is 8.34. The summed E-state index contributed by atoms with van der Waals surface area (Å²) in [6.07, 6.45) is 8.82. The minimum absolute atomic E-state index is 0.0787. The second-order valence-corrected chi connectivity index (χ2v) is 7.67. The number of thiazole rings is 1. The fraction of sp³-hybridized carbons (Fsp3) is 0.750. The van der Waals surface area contributed by atoms with Gasteiger partial charge in [0.1, 0.15) is 0 Å². The van der Waals surface area contributed by atoms with Gasteiger partial charge in [-0.05, 0) is 25.7 Å². The van der Waals surface area contributed by atoms with Crippen molar-refractivity contribution in [1.29, 1.82) is 0 Å². The van der Waals surface area contributed by atoms with Gasteiger partial charge in [0.2, 0.25) is 0 Å². The van der Waals surface area contributed by atoms with E-state index in [1.807, 2.05) is 11.1 Å². The van der Waals surface area contributed by atoms with Gasteiger partial charge in [0.05, 0.1) is 5.60 Å². The summed E-state index contributed by atoms with van der Waals surface area (Å²) < 4.78 is 0. The van der Waals surface area contributed by atoms with Crippen LogP contribution in [0, 0.1) is 5.92 Å². The Balaban J connectivity index is 1.58. The molecule has 122 valence electrons. The van der Waals surface area contributed by atoms with Gasteiger partial charge in [0.15, 0.2) is 5.13 Å². The van der Waals surface area contributed by atoms with E-state index in [1.165, 1.54) is 4.88 Å². The van der Waals surface area contributed by atoms with Crippen LogP contribution in [-0.2, 0) is 6.42 Å². The minimum atomic E-state index is -0.537. The molecule has 1 aromatic rings. The summed E-state index contributed by atoms with van der Waals surface area (Å²) in [6, 6.07) is -0.0787. The maximum absolute atomic E-state index is 12.4. The quantitative estimate of drug-likeness (QED) is 0.897. The van der Waals surface area contributed by atoms with Gasteiger partial charge < -0.3 is 10.0 Å². The number of anilines is 1. The van der Waals surface area contributed by atoms with Crippen molar-refractivity contribution >= 4 is 22.5 Å². The monoisotopic (exact) mass is 323 g/mol. The fourth-order valence-electron chi connectivity index (χ4n) is 3.65. The van der Waals surface area contributed by atoms with Crippen LogP contribution in [0.4, 0.5) is 9.93 Å². The Morgan fingerprint density at radius 1 is 1.55 bits per heavy atom. The molecule has 2 atom stereocenters. The van der Waals surface area contributed by atoms with E-state index < -0.39 is 5.60 Å². The average Bonchev–Trinajstić information content (AvgIpc) is 2.94. The second-order valence-electron chi connectivity index (χ2n) is 6.55. The molecule has 1 saturated carbocycles. The number of piperidine rings is 1. The number of carbonyl (C=O) groups excluding carboxylic acids is 1. The van der Waals surface area contributed by atoms with Crippen molar-refractivity contribution in [3.63, 3.8) is 0 Å². The van der Waals surface area contributed by atoms with Gasteiger partial charge in [-0.1, -0.05) is 26.2 Å². The van der Waals surface area contributed by atoms with Gasteiger partial charge in [-0.3, -0.25) is 5.32 Å². The van der Waals surface area contributed by atoms with E-state index in [9.17, 15) is 9.90 Å². The summed E-state index contributed by atoms with van der Waals surface area (Å²) in [6.45, 7) is 3.43. The topological polar surface area (TPSA) is 65.5 Å². The number of likely N-dealkylation sites (tertiary alicyclic amines) is 1. The molecule has 2 heterocycles. The molecule has 22 heavy (non-hydrogen) atoms. The molecule has 0 spiro atoms. The van der Waals surface area contributed by atoms with E-state index in [0.29, 0.717) is 24.6 Å². The highest BCUT2D eigenvalue weighted by Gasteiger charge is 2.43. The molecule has 0 radical (unpaired) electrons. The van der Waals surface area contributed by atoms with Crippen LogP contribution in [0.5, 0.6) is 0 Å². The molecule has 2 N–H and O–H groups in total. The van der Waals surface area contributed by atoms with Crippen molar-refractivity contribution in [2.24, 2.45) is 5.92 Å². The van der Waals surface area contributed by atoms with Crippen LogP contribution in [0.15, 0.2) is 6.20 Å². The maximum atomic E-state index is 12.4. The predicted octanol–water partition coefficient (Wildman–Crippen LogP) is 3.25. The lowest BCUT2D eigenvalue weighted by molar-refractivity contribution is -0.0863. The number of carbonyl (C=O) groups is 1. The molecule has 2 amide bonds. The Bertz CT molecular complexity index is 533. The van der Waals surface area contributed by atoms with E-state index in [4.69, 9.17) is 0 Å². The number of nitrogens with zero attached hydrogens (tertiary/aromatic N) is 2. The number of nitrogens with one attached hydrogen (secondary N) is 1. The molecule has 2 fully saturated rings. The zero-order valence-electron chi connectivity index (χ0n) is 13.2. The van der Waals surface area contributed by atoms with Gasteiger partial charge in [-0.2, -0.15) is 0 Å². The lowest BCUT2D eigenvalue weighted by Gasteiger charge is -2.47. The van der Waals surface area contributed by atoms with E-state index in [2.05, 4.69) is 17.2 Å². The zero-order valence-corrected chi connectivity index (χ0v) is 14.0. The summed E-state index contributed by atoms with van der Waals surface area (Å²) in [7, 11) is 0. The van der Waals surface area contributed by atoms with Gasteiger partial charge in [-0.25, -0.2) is 9.78 Å². The fourth-order valence-corrected chi connectivity index (χ4v) is 4.56.